The van der Waals surface area contributed by atoms with Gasteiger partial charge in [0.05, 0.1) is 32.2 Å². The van der Waals surface area contributed by atoms with E-state index in [1.807, 2.05) is 19.1 Å². The van der Waals surface area contributed by atoms with Crippen LogP contribution in [0, 0.1) is 6.92 Å². The van der Waals surface area contributed by atoms with Crippen LogP contribution in [0.1, 0.15) is 61.8 Å². The second-order valence-electron chi connectivity index (χ2n) is 13.0. The molecule has 2 aromatic carbocycles. The number of hydrogen-bond acceptors (Lipinski definition) is 9. The van der Waals surface area contributed by atoms with Crippen LogP contribution < -0.4 is 26.0 Å². The molecule has 1 aliphatic heterocycles. The summed E-state index contributed by atoms with van der Waals surface area (Å²) in [4.78, 5) is 93.4. The van der Waals surface area contributed by atoms with E-state index in [4.69, 9.17) is 9.47 Å². The summed E-state index contributed by atoms with van der Waals surface area (Å²) in [6, 6.07) is 11.0. The maximum atomic E-state index is 13.4. The summed E-state index contributed by atoms with van der Waals surface area (Å²) in [6.07, 6.45) is 2.23. The van der Waals surface area contributed by atoms with E-state index in [9.17, 15) is 33.6 Å². The molecule has 288 valence electrons. The monoisotopic (exact) mass is 736 g/mol. The van der Waals surface area contributed by atoms with E-state index in [-0.39, 0.29) is 37.7 Å². The van der Waals surface area contributed by atoms with E-state index in [1.165, 1.54) is 9.80 Å². The number of likely N-dealkylation sites (N-methyl/N-ethyl adjacent to an activating group) is 1. The number of amides is 6. The number of nitrogens with one attached hydrogen (secondary N) is 4. The molecule has 3 rings (SSSR count). The van der Waals surface area contributed by atoms with Crippen LogP contribution in [0.5, 0.6) is 5.75 Å². The standard InChI is InChI=1S/C38H52N6O9/c1-6-12-28(35(48)37(50)40-23-32(46)42-34(38(51)43(3)4)27-13-8-7-9-14-27)41-36(49)29-15-10-18-44(29)33(47)24-39-31(45)22-26-17-16-25(2)30(21-26)53-20-11-19-52-5/h7-9,13-14,16-17,21,28-29,34H,6,10-12,15,18-20,22-24H2,1-5H3,(H,39,45)(H,40,50)(H,41,49)(H,42,46). The lowest BCUT2D eigenvalue weighted by Crippen LogP contribution is -2.54. The van der Waals surface area contributed by atoms with Gasteiger partial charge in [-0.05, 0) is 48.9 Å². The van der Waals surface area contributed by atoms with E-state index in [0.29, 0.717) is 49.4 Å². The van der Waals surface area contributed by atoms with Crippen LogP contribution >= 0.6 is 0 Å². The molecule has 1 aliphatic rings. The fourth-order valence-electron chi connectivity index (χ4n) is 5.79. The van der Waals surface area contributed by atoms with Gasteiger partial charge in [0.15, 0.2) is 0 Å². The normalized spacial score (nSPS) is 14.7. The number of Topliss-reactive ketones (excluding diaryl/α,β-unsaturated/α-hetero) is 1. The molecule has 2 aromatic rings. The van der Waals surface area contributed by atoms with Crippen LogP contribution in [0.25, 0.3) is 0 Å². The number of methoxy groups -OCH3 is 1. The van der Waals surface area contributed by atoms with Crippen molar-refractivity contribution in [2.75, 3.05) is 54.1 Å². The molecule has 53 heavy (non-hydrogen) atoms. The number of carbonyl (C=O) groups excluding carboxylic acids is 7. The number of aryl methyl sites for hydroxylation is 1. The quantitative estimate of drug-likeness (QED) is 0.113. The smallest absolute Gasteiger partial charge is 0.290 e. The summed E-state index contributed by atoms with van der Waals surface area (Å²) in [5.74, 6) is -3.84. The highest BCUT2D eigenvalue weighted by Gasteiger charge is 2.36. The lowest BCUT2D eigenvalue weighted by Gasteiger charge is -2.26. The number of benzene rings is 2. The van der Waals surface area contributed by atoms with Crippen LogP contribution in [0.3, 0.4) is 0 Å². The molecule has 15 heteroatoms. The van der Waals surface area contributed by atoms with E-state index in [1.54, 1.807) is 64.5 Å². The van der Waals surface area contributed by atoms with Gasteiger partial charge in [0, 0.05) is 40.8 Å². The first-order valence-corrected chi connectivity index (χ1v) is 17.8. The van der Waals surface area contributed by atoms with Crippen molar-refractivity contribution in [1.82, 2.24) is 31.1 Å². The number of carbonyl (C=O) groups is 7. The molecule has 0 aliphatic carbocycles. The van der Waals surface area contributed by atoms with Gasteiger partial charge < -0.3 is 40.5 Å². The SMILES string of the molecule is CCCC(NC(=O)C1CCCN1C(=O)CNC(=O)Cc1ccc(C)c(OCCCOC)c1)C(=O)C(=O)NCC(=O)NC(C(=O)N(C)C)c1ccccc1. The van der Waals surface area contributed by atoms with E-state index in [0.717, 1.165) is 12.0 Å². The molecular weight excluding hydrogens is 684 g/mol. The fraction of sp³-hybridized carbons (Fsp3) is 0.500. The average molecular weight is 737 g/mol. The van der Waals surface area contributed by atoms with Gasteiger partial charge in [-0.3, -0.25) is 33.6 Å². The zero-order valence-corrected chi connectivity index (χ0v) is 31.2. The van der Waals surface area contributed by atoms with Crippen LogP contribution in [0.4, 0.5) is 0 Å². The van der Waals surface area contributed by atoms with Gasteiger partial charge in [0.2, 0.25) is 35.3 Å². The van der Waals surface area contributed by atoms with E-state index in [2.05, 4.69) is 21.3 Å². The van der Waals surface area contributed by atoms with Gasteiger partial charge >= 0.3 is 0 Å². The van der Waals surface area contributed by atoms with Crippen LogP contribution in [-0.4, -0.2) is 117 Å². The van der Waals surface area contributed by atoms with Crippen molar-refractivity contribution in [1.29, 1.82) is 0 Å². The van der Waals surface area contributed by atoms with Crippen LogP contribution in [0.15, 0.2) is 48.5 Å². The molecule has 1 heterocycles. The summed E-state index contributed by atoms with van der Waals surface area (Å²) >= 11 is 0. The van der Waals surface area contributed by atoms with Crippen LogP contribution in [0.2, 0.25) is 0 Å². The Kier molecular flexibility index (Phi) is 16.9. The molecule has 1 fully saturated rings. The Morgan fingerprint density at radius 2 is 1.66 bits per heavy atom. The predicted octanol–water partition coefficient (Wildman–Crippen LogP) is 0.976. The Morgan fingerprint density at radius 1 is 0.925 bits per heavy atom. The molecule has 1 saturated heterocycles. The molecule has 0 aromatic heterocycles. The number of hydrogen-bond donors (Lipinski definition) is 4. The number of rotatable bonds is 20. The minimum absolute atomic E-state index is 0.0260. The first-order valence-electron chi connectivity index (χ1n) is 17.8. The maximum absolute atomic E-state index is 13.4. The highest BCUT2D eigenvalue weighted by Crippen LogP contribution is 2.21. The van der Waals surface area contributed by atoms with E-state index < -0.39 is 54.1 Å². The highest BCUT2D eigenvalue weighted by molar-refractivity contribution is 6.38. The lowest BCUT2D eigenvalue weighted by molar-refractivity contribution is -0.142. The van der Waals surface area contributed by atoms with Crippen molar-refractivity contribution in [3.05, 3.63) is 65.2 Å². The Hall–Kier alpha value is -5.31. The minimum atomic E-state index is -1.19. The van der Waals surface area contributed by atoms with Crippen molar-refractivity contribution in [2.24, 2.45) is 0 Å². The molecule has 4 N–H and O–H groups in total. The maximum Gasteiger partial charge on any atom is 0.290 e. The second kappa shape index (κ2) is 21.3. The molecule has 0 saturated carbocycles. The molecule has 15 nitrogen and oxygen atoms in total. The largest absolute Gasteiger partial charge is 0.493 e. The van der Waals surface area contributed by atoms with Gasteiger partial charge in [0.25, 0.3) is 5.91 Å². The summed E-state index contributed by atoms with van der Waals surface area (Å²) < 4.78 is 10.9. The molecular formula is C38H52N6O9. The van der Waals surface area contributed by atoms with Gasteiger partial charge in [-0.1, -0.05) is 55.8 Å². The third kappa shape index (κ3) is 13.0. The van der Waals surface area contributed by atoms with Gasteiger partial charge in [0.1, 0.15) is 17.8 Å². The third-order valence-electron chi connectivity index (χ3n) is 8.65. The summed E-state index contributed by atoms with van der Waals surface area (Å²) in [7, 11) is 4.73. The van der Waals surface area contributed by atoms with Crippen molar-refractivity contribution >= 4 is 41.2 Å². The van der Waals surface area contributed by atoms with Gasteiger partial charge in [-0.15, -0.1) is 0 Å². The molecule has 0 spiro atoms. The Balaban J connectivity index is 1.52. The van der Waals surface area contributed by atoms with Crippen LogP contribution in [-0.2, 0) is 44.7 Å². The average Bonchev–Trinajstić information content (AvgIpc) is 3.65. The zero-order valence-electron chi connectivity index (χ0n) is 31.2. The first-order chi connectivity index (χ1) is 25.4. The first kappa shape index (κ1) is 42.1. The molecule has 3 unspecified atom stereocenters. The summed E-state index contributed by atoms with van der Waals surface area (Å²) in [5, 5.41) is 10.1. The van der Waals surface area contributed by atoms with Crippen molar-refractivity contribution in [3.8, 4) is 5.75 Å². The van der Waals surface area contributed by atoms with E-state index >= 15 is 0 Å². The van der Waals surface area contributed by atoms with Crippen molar-refractivity contribution in [3.63, 3.8) is 0 Å². The van der Waals surface area contributed by atoms with Gasteiger partial charge in [-0.25, -0.2) is 0 Å². The van der Waals surface area contributed by atoms with Crippen molar-refractivity contribution < 1.29 is 43.0 Å². The lowest BCUT2D eigenvalue weighted by atomic mass is 10.0. The van der Waals surface area contributed by atoms with Crippen molar-refractivity contribution in [2.45, 2.75) is 70.5 Å². The molecule has 0 bridgehead atoms. The fourth-order valence-corrected chi connectivity index (χ4v) is 5.79. The Labute approximate surface area is 310 Å². The third-order valence-corrected chi connectivity index (χ3v) is 8.65. The van der Waals surface area contributed by atoms with Gasteiger partial charge in [-0.2, -0.15) is 0 Å². The Morgan fingerprint density at radius 3 is 2.34 bits per heavy atom. The highest BCUT2D eigenvalue weighted by atomic mass is 16.5. The summed E-state index contributed by atoms with van der Waals surface area (Å²) in [5.41, 5.74) is 2.19. The number of ether oxygens (including phenoxy) is 2. The zero-order chi connectivity index (χ0) is 38.9. The molecule has 6 amide bonds. The number of ketones is 1. The Bertz CT molecular complexity index is 1600. The minimum Gasteiger partial charge on any atom is -0.493 e. The number of nitrogens with zero attached hydrogens (tertiary/aromatic N) is 2. The number of likely N-dealkylation sites (tertiary alicyclic amines) is 1. The summed E-state index contributed by atoms with van der Waals surface area (Å²) in [6.45, 7) is 4.13. The second-order valence-corrected chi connectivity index (χ2v) is 13.0. The predicted molar refractivity (Wildman–Crippen MR) is 195 cm³/mol. The molecule has 3 atom stereocenters. The molecule has 0 radical (unpaired) electrons. The topological polar surface area (TPSA) is 193 Å².